The Morgan fingerprint density at radius 1 is 1.07 bits per heavy atom. The third-order valence-electron chi connectivity index (χ3n) is 4.30. The lowest BCUT2D eigenvalue weighted by atomic mass is 10.1. The molecule has 0 aliphatic carbocycles. The van der Waals surface area contributed by atoms with Gasteiger partial charge in [-0.15, -0.1) is 0 Å². The van der Waals surface area contributed by atoms with Crippen molar-refractivity contribution in [2.45, 2.75) is 39.8 Å². The van der Waals surface area contributed by atoms with Crippen LogP contribution < -0.4 is 10.1 Å². The van der Waals surface area contributed by atoms with E-state index < -0.39 is 6.04 Å². The maximum atomic E-state index is 12.8. The molecule has 0 saturated heterocycles. The molecule has 0 unspecified atom stereocenters. The second-order valence-corrected chi connectivity index (χ2v) is 6.58. The Morgan fingerprint density at radius 2 is 1.74 bits per heavy atom. The predicted molar refractivity (Wildman–Crippen MR) is 106 cm³/mol. The molecule has 0 aliphatic rings. The van der Waals surface area contributed by atoms with Gasteiger partial charge >= 0.3 is 0 Å². The van der Waals surface area contributed by atoms with Crippen molar-refractivity contribution >= 4 is 11.8 Å². The Bertz CT molecular complexity index is 729. The lowest BCUT2D eigenvalue weighted by Crippen LogP contribution is -2.49. The van der Waals surface area contributed by atoms with Crippen LogP contribution in [0.2, 0.25) is 0 Å². The van der Waals surface area contributed by atoms with Gasteiger partial charge in [-0.2, -0.15) is 0 Å². The first-order chi connectivity index (χ1) is 13.0. The van der Waals surface area contributed by atoms with Crippen LogP contribution in [0, 0.1) is 6.92 Å². The Balaban J connectivity index is 2.10. The Morgan fingerprint density at radius 3 is 2.37 bits per heavy atom. The molecule has 0 aromatic heterocycles. The summed E-state index contributed by atoms with van der Waals surface area (Å²) in [6.07, 6.45) is 0.849. The molecule has 0 spiro atoms. The van der Waals surface area contributed by atoms with Crippen LogP contribution in [0.3, 0.4) is 0 Å². The number of hydrogen-bond donors (Lipinski definition) is 1. The van der Waals surface area contributed by atoms with E-state index in [2.05, 4.69) is 5.32 Å². The van der Waals surface area contributed by atoms with E-state index in [1.807, 2.05) is 56.3 Å². The van der Waals surface area contributed by atoms with Crippen LogP contribution in [-0.2, 0) is 16.1 Å². The van der Waals surface area contributed by atoms with Crippen LogP contribution in [0.15, 0.2) is 54.6 Å². The molecule has 27 heavy (non-hydrogen) atoms. The number of para-hydroxylation sites is 1. The summed E-state index contributed by atoms with van der Waals surface area (Å²) in [6, 6.07) is 16.6. The van der Waals surface area contributed by atoms with Gasteiger partial charge in [0.2, 0.25) is 5.91 Å². The molecule has 0 heterocycles. The molecule has 2 rings (SSSR count). The minimum absolute atomic E-state index is 0.110. The number of carbonyl (C=O) groups is 2. The van der Waals surface area contributed by atoms with Crippen molar-refractivity contribution in [3.63, 3.8) is 0 Å². The SMILES string of the molecule is CCCNC(=O)[C@@H](C)N(Cc1ccc(C)cc1)C(=O)COc1ccccc1. The quantitative estimate of drug-likeness (QED) is 0.739. The third kappa shape index (κ3) is 6.44. The summed E-state index contributed by atoms with van der Waals surface area (Å²) in [6.45, 7) is 6.60. The van der Waals surface area contributed by atoms with Crippen LogP contribution in [-0.4, -0.2) is 35.9 Å². The summed E-state index contributed by atoms with van der Waals surface area (Å²) in [7, 11) is 0. The first-order valence-electron chi connectivity index (χ1n) is 9.31. The maximum Gasteiger partial charge on any atom is 0.261 e. The van der Waals surface area contributed by atoms with Gasteiger partial charge in [0, 0.05) is 13.1 Å². The minimum Gasteiger partial charge on any atom is -0.484 e. The summed E-state index contributed by atoms with van der Waals surface area (Å²) in [4.78, 5) is 26.8. The number of nitrogens with zero attached hydrogens (tertiary/aromatic N) is 1. The predicted octanol–water partition coefficient (Wildman–Crippen LogP) is 3.32. The van der Waals surface area contributed by atoms with Gasteiger partial charge in [-0.3, -0.25) is 9.59 Å². The van der Waals surface area contributed by atoms with E-state index in [0.717, 1.165) is 17.5 Å². The zero-order valence-electron chi connectivity index (χ0n) is 16.3. The van der Waals surface area contributed by atoms with E-state index in [-0.39, 0.29) is 18.4 Å². The second kappa shape index (κ2) is 10.4. The monoisotopic (exact) mass is 368 g/mol. The fourth-order valence-corrected chi connectivity index (χ4v) is 2.61. The number of rotatable bonds is 9. The highest BCUT2D eigenvalue weighted by atomic mass is 16.5. The van der Waals surface area contributed by atoms with E-state index in [9.17, 15) is 9.59 Å². The Kier molecular flexibility index (Phi) is 7.86. The molecule has 0 fully saturated rings. The van der Waals surface area contributed by atoms with Crippen molar-refractivity contribution in [2.24, 2.45) is 0 Å². The number of amides is 2. The first-order valence-corrected chi connectivity index (χ1v) is 9.31. The van der Waals surface area contributed by atoms with Crippen molar-refractivity contribution in [2.75, 3.05) is 13.2 Å². The largest absolute Gasteiger partial charge is 0.484 e. The van der Waals surface area contributed by atoms with Gasteiger partial charge < -0.3 is 15.0 Å². The third-order valence-corrected chi connectivity index (χ3v) is 4.30. The molecule has 2 amide bonds. The zero-order valence-corrected chi connectivity index (χ0v) is 16.3. The number of nitrogens with one attached hydrogen (secondary N) is 1. The Hall–Kier alpha value is -2.82. The van der Waals surface area contributed by atoms with Crippen LogP contribution in [0.4, 0.5) is 0 Å². The molecule has 0 aliphatic heterocycles. The van der Waals surface area contributed by atoms with Gasteiger partial charge in [0.15, 0.2) is 6.61 Å². The normalized spacial score (nSPS) is 11.5. The fraction of sp³-hybridized carbons (Fsp3) is 0.364. The summed E-state index contributed by atoms with van der Waals surface area (Å²) in [5.74, 6) is 0.250. The van der Waals surface area contributed by atoms with Crippen molar-refractivity contribution < 1.29 is 14.3 Å². The molecular weight excluding hydrogens is 340 g/mol. The van der Waals surface area contributed by atoms with Gasteiger partial charge in [0.05, 0.1) is 0 Å². The van der Waals surface area contributed by atoms with Crippen LogP contribution >= 0.6 is 0 Å². The molecule has 0 saturated carbocycles. The molecule has 144 valence electrons. The molecule has 1 N–H and O–H groups in total. The summed E-state index contributed by atoms with van der Waals surface area (Å²) in [5.41, 5.74) is 2.13. The maximum absolute atomic E-state index is 12.8. The van der Waals surface area contributed by atoms with Crippen molar-refractivity contribution in [1.82, 2.24) is 10.2 Å². The van der Waals surface area contributed by atoms with E-state index in [1.165, 1.54) is 0 Å². The van der Waals surface area contributed by atoms with E-state index >= 15 is 0 Å². The average Bonchev–Trinajstić information content (AvgIpc) is 2.70. The van der Waals surface area contributed by atoms with E-state index in [4.69, 9.17) is 4.74 Å². The molecule has 5 nitrogen and oxygen atoms in total. The fourth-order valence-electron chi connectivity index (χ4n) is 2.61. The molecule has 2 aromatic carbocycles. The van der Waals surface area contributed by atoms with Crippen molar-refractivity contribution in [1.29, 1.82) is 0 Å². The number of ether oxygens (including phenoxy) is 1. The lowest BCUT2D eigenvalue weighted by Gasteiger charge is -2.28. The average molecular weight is 368 g/mol. The van der Waals surface area contributed by atoms with Crippen molar-refractivity contribution in [3.05, 3.63) is 65.7 Å². The zero-order chi connectivity index (χ0) is 19.6. The molecule has 5 heteroatoms. The molecule has 0 bridgehead atoms. The highest BCUT2D eigenvalue weighted by Gasteiger charge is 2.26. The smallest absolute Gasteiger partial charge is 0.261 e. The molecule has 0 radical (unpaired) electrons. The van der Waals surface area contributed by atoms with Gasteiger partial charge in [0.25, 0.3) is 5.91 Å². The number of carbonyl (C=O) groups excluding carboxylic acids is 2. The summed E-state index contributed by atoms with van der Waals surface area (Å²) in [5, 5.41) is 2.86. The standard InChI is InChI=1S/C22H28N2O3/c1-4-14-23-22(26)18(3)24(15-19-12-10-17(2)11-13-19)21(25)16-27-20-8-6-5-7-9-20/h5-13,18H,4,14-16H2,1-3H3,(H,23,26)/t18-/m1/s1. The number of benzene rings is 2. The Labute approximate surface area is 161 Å². The summed E-state index contributed by atoms with van der Waals surface area (Å²) < 4.78 is 5.59. The topological polar surface area (TPSA) is 58.6 Å². The van der Waals surface area contributed by atoms with E-state index in [0.29, 0.717) is 18.8 Å². The molecular formula is C22H28N2O3. The van der Waals surface area contributed by atoms with Gasteiger partial charge in [-0.05, 0) is 38.0 Å². The van der Waals surface area contributed by atoms with E-state index in [1.54, 1.807) is 24.0 Å². The molecule has 2 aromatic rings. The minimum atomic E-state index is -0.579. The second-order valence-electron chi connectivity index (χ2n) is 6.58. The number of hydrogen-bond acceptors (Lipinski definition) is 3. The van der Waals surface area contributed by atoms with Gasteiger partial charge in [-0.25, -0.2) is 0 Å². The van der Waals surface area contributed by atoms with Crippen LogP contribution in [0.5, 0.6) is 5.75 Å². The lowest BCUT2D eigenvalue weighted by molar-refractivity contribution is -0.142. The molecule has 1 atom stereocenters. The first kappa shape index (κ1) is 20.5. The van der Waals surface area contributed by atoms with Crippen LogP contribution in [0.1, 0.15) is 31.4 Å². The summed E-state index contributed by atoms with van der Waals surface area (Å²) >= 11 is 0. The van der Waals surface area contributed by atoms with Gasteiger partial charge in [0.1, 0.15) is 11.8 Å². The van der Waals surface area contributed by atoms with Crippen molar-refractivity contribution in [3.8, 4) is 5.75 Å². The highest BCUT2D eigenvalue weighted by molar-refractivity contribution is 5.87. The van der Waals surface area contributed by atoms with Gasteiger partial charge in [-0.1, -0.05) is 55.0 Å². The van der Waals surface area contributed by atoms with Crippen LogP contribution in [0.25, 0.3) is 0 Å². The highest BCUT2D eigenvalue weighted by Crippen LogP contribution is 2.13. The number of aryl methyl sites for hydroxylation is 1.